The minimum Gasteiger partial charge on any atom is -0.339 e. The normalized spacial score (nSPS) is 15.3. The summed E-state index contributed by atoms with van der Waals surface area (Å²) in [5.41, 5.74) is 5.26. The van der Waals surface area contributed by atoms with Crippen LogP contribution in [-0.4, -0.2) is 33.4 Å². The first-order valence-corrected chi connectivity index (χ1v) is 14.5. The maximum atomic E-state index is 15.0. The van der Waals surface area contributed by atoms with E-state index in [4.69, 9.17) is 4.98 Å². The SMILES string of the molecule is C=C(C)C/C=C(\c1ccc(C(=O)N2CCC(c3nc4ccccc4n3C(F)CC)CC2)cc1C)c1cccc(F)c1F. The van der Waals surface area contributed by atoms with Crippen LogP contribution in [0.5, 0.6) is 0 Å². The maximum Gasteiger partial charge on any atom is 0.253 e. The molecule has 1 saturated heterocycles. The molecule has 1 unspecified atom stereocenters. The van der Waals surface area contributed by atoms with Crippen molar-refractivity contribution in [3.8, 4) is 0 Å². The zero-order valence-electron chi connectivity index (χ0n) is 24.3. The number of carbonyl (C=O) groups is 1. The lowest BCUT2D eigenvalue weighted by Crippen LogP contribution is -2.38. The summed E-state index contributed by atoms with van der Waals surface area (Å²) in [4.78, 5) is 20.2. The molecule has 0 bridgehead atoms. The van der Waals surface area contributed by atoms with Crippen molar-refractivity contribution in [3.63, 3.8) is 0 Å². The van der Waals surface area contributed by atoms with Gasteiger partial charge in [0.1, 0.15) is 5.82 Å². The Kier molecular flexibility index (Phi) is 8.66. The molecule has 1 amide bonds. The number of carbonyl (C=O) groups excluding carboxylic acids is 1. The maximum absolute atomic E-state index is 15.0. The van der Waals surface area contributed by atoms with Crippen LogP contribution < -0.4 is 0 Å². The Hall–Kier alpha value is -4.13. The molecule has 1 aliphatic heterocycles. The van der Waals surface area contributed by atoms with Crippen LogP contribution in [0, 0.1) is 18.6 Å². The minimum absolute atomic E-state index is 0.0533. The number of halogens is 3. The highest BCUT2D eigenvalue weighted by molar-refractivity contribution is 5.95. The Balaban J connectivity index is 1.36. The van der Waals surface area contributed by atoms with E-state index in [-0.39, 0.29) is 17.4 Å². The van der Waals surface area contributed by atoms with Gasteiger partial charge in [-0.3, -0.25) is 9.36 Å². The molecular weight excluding hydrogens is 535 g/mol. The van der Waals surface area contributed by atoms with E-state index in [1.54, 1.807) is 22.8 Å². The predicted octanol–water partition coefficient (Wildman–Crippen LogP) is 8.92. The zero-order chi connectivity index (χ0) is 30.0. The molecule has 4 nitrogen and oxygen atoms in total. The van der Waals surface area contributed by atoms with Crippen molar-refractivity contribution in [2.24, 2.45) is 0 Å². The summed E-state index contributed by atoms with van der Waals surface area (Å²) in [6, 6.07) is 17.1. The van der Waals surface area contributed by atoms with Crippen LogP contribution in [0.15, 0.2) is 78.9 Å². The summed E-state index contributed by atoms with van der Waals surface area (Å²) in [7, 11) is 0. The highest BCUT2D eigenvalue weighted by Crippen LogP contribution is 2.35. The summed E-state index contributed by atoms with van der Waals surface area (Å²) in [6.07, 6.45) is 2.95. The molecule has 1 atom stereocenters. The number of para-hydroxylation sites is 2. The molecule has 0 spiro atoms. The van der Waals surface area contributed by atoms with E-state index in [1.807, 2.05) is 62.1 Å². The summed E-state index contributed by atoms with van der Waals surface area (Å²) in [5.74, 6) is -1.10. The number of aromatic nitrogens is 2. The number of hydrogen-bond acceptors (Lipinski definition) is 2. The Morgan fingerprint density at radius 2 is 1.81 bits per heavy atom. The lowest BCUT2D eigenvalue weighted by atomic mass is 9.91. The molecule has 2 heterocycles. The summed E-state index contributed by atoms with van der Waals surface area (Å²) in [5, 5.41) is 0. The van der Waals surface area contributed by atoms with E-state index in [2.05, 4.69) is 6.58 Å². The second kappa shape index (κ2) is 12.4. The fraction of sp³-hybridized carbons (Fsp3) is 0.314. The second-order valence-electron chi connectivity index (χ2n) is 11.1. The van der Waals surface area contributed by atoms with Crippen molar-refractivity contribution in [3.05, 3.63) is 119 Å². The first kappa shape index (κ1) is 29.4. The van der Waals surface area contributed by atoms with Crippen LogP contribution in [0.1, 0.15) is 84.6 Å². The van der Waals surface area contributed by atoms with Crippen molar-refractivity contribution in [2.45, 2.75) is 58.7 Å². The fourth-order valence-corrected chi connectivity index (χ4v) is 5.80. The van der Waals surface area contributed by atoms with Crippen LogP contribution in [0.3, 0.4) is 0 Å². The van der Waals surface area contributed by atoms with Crippen LogP contribution >= 0.6 is 0 Å². The molecular formula is C35H36F3N3O. The molecule has 7 heteroatoms. The average Bonchev–Trinajstić information content (AvgIpc) is 3.38. The minimum atomic E-state index is -1.15. The molecule has 218 valence electrons. The van der Waals surface area contributed by atoms with E-state index in [9.17, 15) is 13.6 Å². The van der Waals surface area contributed by atoms with E-state index in [1.165, 1.54) is 6.07 Å². The third-order valence-corrected chi connectivity index (χ3v) is 8.05. The molecule has 0 radical (unpaired) electrons. The van der Waals surface area contributed by atoms with Gasteiger partial charge in [-0.15, -0.1) is 0 Å². The number of fused-ring (bicyclic) bond motifs is 1. The third kappa shape index (κ3) is 5.78. The molecule has 0 saturated carbocycles. The topological polar surface area (TPSA) is 38.1 Å². The van der Waals surface area contributed by atoms with Crippen molar-refractivity contribution in [1.82, 2.24) is 14.5 Å². The predicted molar refractivity (Wildman–Crippen MR) is 162 cm³/mol. The number of amides is 1. The number of alkyl halides is 1. The molecule has 42 heavy (non-hydrogen) atoms. The van der Waals surface area contributed by atoms with Gasteiger partial charge in [0.25, 0.3) is 5.91 Å². The number of benzene rings is 3. The van der Waals surface area contributed by atoms with Crippen molar-refractivity contribution < 1.29 is 18.0 Å². The lowest BCUT2D eigenvalue weighted by Gasteiger charge is -2.32. The lowest BCUT2D eigenvalue weighted by molar-refractivity contribution is 0.0708. The molecule has 1 aromatic heterocycles. The van der Waals surface area contributed by atoms with Gasteiger partial charge in [0.05, 0.1) is 11.0 Å². The monoisotopic (exact) mass is 571 g/mol. The Morgan fingerprint density at radius 3 is 2.50 bits per heavy atom. The summed E-state index contributed by atoms with van der Waals surface area (Å²) in [6.45, 7) is 10.6. The van der Waals surface area contributed by atoms with Crippen molar-refractivity contribution in [1.29, 1.82) is 0 Å². The number of rotatable bonds is 8. The number of aryl methyl sites for hydroxylation is 1. The quantitative estimate of drug-likeness (QED) is 0.198. The van der Waals surface area contributed by atoms with Crippen LogP contribution in [0.4, 0.5) is 13.2 Å². The number of hydrogen-bond donors (Lipinski definition) is 0. The molecule has 0 N–H and O–H groups in total. The van der Waals surface area contributed by atoms with Gasteiger partial charge in [-0.2, -0.15) is 0 Å². The number of likely N-dealkylation sites (tertiary alicyclic amines) is 1. The average molecular weight is 572 g/mol. The number of nitrogens with zero attached hydrogens (tertiary/aromatic N) is 3. The largest absolute Gasteiger partial charge is 0.339 e. The Bertz CT molecular complexity index is 1660. The molecule has 4 aromatic rings. The highest BCUT2D eigenvalue weighted by atomic mass is 19.2. The third-order valence-electron chi connectivity index (χ3n) is 8.05. The molecule has 0 aliphatic carbocycles. The van der Waals surface area contributed by atoms with Gasteiger partial charge in [-0.05, 0) is 86.6 Å². The van der Waals surface area contributed by atoms with Crippen LogP contribution in [0.2, 0.25) is 0 Å². The highest BCUT2D eigenvalue weighted by Gasteiger charge is 2.30. The van der Waals surface area contributed by atoms with Gasteiger partial charge in [0.2, 0.25) is 0 Å². The van der Waals surface area contributed by atoms with E-state index < -0.39 is 17.9 Å². The van der Waals surface area contributed by atoms with Crippen molar-refractivity contribution in [2.75, 3.05) is 13.1 Å². The number of allylic oxidation sites excluding steroid dienone is 2. The first-order valence-electron chi connectivity index (χ1n) is 14.5. The molecule has 1 fully saturated rings. The first-order chi connectivity index (χ1) is 20.2. The van der Waals surface area contributed by atoms with Gasteiger partial charge >= 0.3 is 0 Å². The van der Waals surface area contributed by atoms with Crippen LogP contribution in [-0.2, 0) is 0 Å². The van der Waals surface area contributed by atoms with Gasteiger partial charge in [0.15, 0.2) is 17.9 Å². The Labute approximate surface area is 245 Å². The molecule has 5 rings (SSSR count). The Morgan fingerprint density at radius 1 is 1.07 bits per heavy atom. The second-order valence-corrected chi connectivity index (χ2v) is 11.1. The number of piperidine rings is 1. The van der Waals surface area contributed by atoms with E-state index >= 15 is 4.39 Å². The van der Waals surface area contributed by atoms with E-state index in [0.29, 0.717) is 49.9 Å². The van der Waals surface area contributed by atoms with Crippen molar-refractivity contribution >= 4 is 22.5 Å². The summed E-state index contributed by atoms with van der Waals surface area (Å²) >= 11 is 0. The van der Waals surface area contributed by atoms with Gasteiger partial charge in [0, 0.05) is 30.1 Å². The summed E-state index contributed by atoms with van der Waals surface area (Å²) < 4.78 is 45.7. The van der Waals surface area contributed by atoms with Gasteiger partial charge in [-0.1, -0.05) is 55.5 Å². The molecule has 3 aromatic carbocycles. The van der Waals surface area contributed by atoms with Crippen LogP contribution in [0.25, 0.3) is 16.6 Å². The van der Waals surface area contributed by atoms with Gasteiger partial charge < -0.3 is 4.90 Å². The smallest absolute Gasteiger partial charge is 0.253 e. The standard InChI is InChI=1S/C35H36F3N3O/c1-5-32(37)41-31-12-7-6-11-30(31)39-34(41)24-17-19-40(20-18-24)35(42)25-14-16-26(23(4)21-25)27(15-13-22(2)3)28-9-8-10-29(36)33(28)38/h6-12,14-16,21,24,32H,2,5,13,17-20H2,1,3-4H3/b27-15+. The zero-order valence-corrected chi connectivity index (χ0v) is 24.3. The van der Waals surface area contributed by atoms with Gasteiger partial charge in [-0.25, -0.2) is 18.2 Å². The molecule has 1 aliphatic rings. The number of imidazole rings is 1. The fourth-order valence-electron chi connectivity index (χ4n) is 5.80. The van der Waals surface area contributed by atoms with E-state index in [0.717, 1.165) is 39.6 Å².